The van der Waals surface area contributed by atoms with E-state index >= 15 is 0 Å². The van der Waals surface area contributed by atoms with Crippen LogP contribution in [0.15, 0.2) is 18.2 Å². The topological polar surface area (TPSA) is 63.3 Å². The molecule has 3 nitrogen and oxygen atoms in total. The quantitative estimate of drug-likeness (QED) is 0.582. The number of benzene rings is 1. The molecule has 1 aromatic carbocycles. The van der Waals surface area contributed by atoms with Crippen molar-refractivity contribution in [1.29, 1.82) is 0 Å². The van der Waals surface area contributed by atoms with Crippen molar-refractivity contribution in [1.82, 2.24) is 0 Å². The van der Waals surface area contributed by atoms with E-state index in [2.05, 4.69) is 6.07 Å². The van der Waals surface area contributed by atoms with Gasteiger partial charge in [-0.2, -0.15) is 0 Å². The van der Waals surface area contributed by atoms with Gasteiger partial charge in [0, 0.05) is 0 Å². The van der Waals surface area contributed by atoms with Crippen LogP contribution in [0.1, 0.15) is 10.4 Å². The fourth-order valence-electron chi connectivity index (χ4n) is 0.597. The van der Waals surface area contributed by atoms with E-state index in [1.165, 1.54) is 18.2 Å². The van der Waals surface area contributed by atoms with Gasteiger partial charge in [0.1, 0.15) is 5.75 Å². The Balaban J connectivity index is 3.07. The summed E-state index contributed by atoms with van der Waals surface area (Å²) < 4.78 is 0. The molecule has 0 unspecified atom stereocenters. The summed E-state index contributed by atoms with van der Waals surface area (Å²) in [6.07, 6.45) is 0. The Morgan fingerprint density at radius 3 is 2.80 bits per heavy atom. The standard InChI is InChI=1S/C7H6NO2/c8-7(10)5-2-1-3-6(9)4-5/h1,3-4,9H,(H2,8,10). The third kappa shape index (κ3) is 1.25. The number of hydrogen-bond acceptors (Lipinski definition) is 2. The molecule has 0 spiro atoms. The van der Waals surface area contributed by atoms with Gasteiger partial charge >= 0.3 is 0 Å². The van der Waals surface area contributed by atoms with Crippen LogP contribution >= 0.6 is 0 Å². The molecule has 0 aliphatic rings. The van der Waals surface area contributed by atoms with E-state index in [1.807, 2.05) is 0 Å². The highest BCUT2D eigenvalue weighted by Crippen LogP contribution is 2.08. The molecular weight excluding hydrogens is 130 g/mol. The van der Waals surface area contributed by atoms with E-state index in [-0.39, 0.29) is 11.3 Å². The molecule has 1 aromatic rings. The lowest BCUT2D eigenvalue weighted by molar-refractivity contribution is 0.0999. The van der Waals surface area contributed by atoms with Gasteiger partial charge in [-0.3, -0.25) is 4.79 Å². The van der Waals surface area contributed by atoms with Crippen molar-refractivity contribution < 1.29 is 9.90 Å². The van der Waals surface area contributed by atoms with E-state index < -0.39 is 5.91 Å². The Morgan fingerprint density at radius 1 is 1.70 bits per heavy atom. The minimum Gasteiger partial charge on any atom is -0.508 e. The first kappa shape index (κ1) is 6.61. The highest BCUT2D eigenvalue weighted by Gasteiger charge is 1.98. The van der Waals surface area contributed by atoms with Crippen LogP contribution in [0, 0.1) is 6.07 Å². The van der Waals surface area contributed by atoms with Gasteiger partial charge in [0.2, 0.25) is 5.91 Å². The third-order valence-corrected chi connectivity index (χ3v) is 1.05. The van der Waals surface area contributed by atoms with Crippen LogP contribution in [0.25, 0.3) is 0 Å². The van der Waals surface area contributed by atoms with Crippen LogP contribution < -0.4 is 5.73 Å². The number of carbonyl (C=O) groups excluding carboxylic acids is 1. The zero-order chi connectivity index (χ0) is 7.56. The zero-order valence-electron chi connectivity index (χ0n) is 5.16. The van der Waals surface area contributed by atoms with Crippen molar-refractivity contribution in [3.63, 3.8) is 0 Å². The second-order valence-electron chi connectivity index (χ2n) is 1.82. The van der Waals surface area contributed by atoms with Crippen LogP contribution in [-0.4, -0.2) is 11.0 Å². The second-order valence-corrected chi connectivity index (χ2v) is 1.82. The van der Waals surface area contributed by atoms with E-state index in [4.69, 9.17) is 10.8 Å². The number of primary amides is 1. The molecule has 10 heavy (non-hydrogen) atoms. The normalized spacial score (nSPS) is 9.20. The van der Waals surface area contributed by atoms with Crippen LogP contribution in [-0.2, 0) is 0 Å². The monoisotopic (exact) mass is 136 g/mol. The molecule has 3 heteroatoms. The molecule has 0 aliphatic carbocycles. The molecule has 0 aromatic heterocycles. The number of amides is 1. The Kier molecular flexibility index (Phi) is 1.58. The molecule has 0 atom stereocenters. The summed E-state index contributed by atoms with van der Waals surface area (Å²) in [6.45, 7) is 0. The lowest BCUT2D eigenvalue weighted by Crippen LogP contribution is -2.10. The predicted octanol–water partition coefficient (Wildman–Crippen LogP) is 0.291. The Morgan fingerprint density at radius 2 is 2.40 bits per heavy atom. The first-order chi connectivity index (χ1) is 4.70. The molecule has 1 amide bonds. The molecule has 3 N–H and O–H groups in total. The van der Waals surface area contributed by atoms with E-state index in [9.17, 15) is 4.79 Å². The Hall–Kier alpha value is -1.51. The first-order valence-corrected chi connectivity index (χ1v) is 2.70. The average Bonchev–Trinajstić information content (AvgIpc) is 1.88. The van der Waals surface area contributed by atoms with E-state index in [1.54, 1.807) is 0 Å². The largest absolute Gasteiger partial charge is 0.508 e. The van der Waals surface area contributed by atoms with Crippen LogP contribution in [0.2, 0.25) is 0 Å². The maximum atomic E-state index is 10.4. The lowest BCUT2D eigenvalue weighted by atomic mass is 10.2. The van der Waals surface area contributed by atoms with Crippen molar-refractivity contribution in [2.75, 3.05) is 0 Å². The van der Waals surface area contributed by atoms with Gasteiger partial charge < -0.3 is 10.8 Å². The second kappa shape index (κ2) is 2.39. The molecule has 0 saturated carbocycles. The number of hydrogen-bond donors (Lipinski definition) is 2. The average molecular weight is 136 g/mol. The fourth-order valence-corrected chi connectivity index (χ4v) is 0.597. The number of phenols is 1. The molecule has 51 valence electrons. The Bertz CT molecular complexity index is 258. The number of phenolic OH excluding ortho intramolecular Hbond substituents is 1. The molecule has 1 rings (SSSR count). The number of carbonyl (C=O) groups is 1. The molecule has 1 radical (unpaired) electrons. The fraction of sp³-hybridized carbons (Fsp3) is 0. The maximum absolute atomic E-state index is 10.4. The van der Waals surface area contributed by atoms with Crippen molar-refractivity contribution >= 4 is 5.91 Å². The van der Waals surface area contributed by atoms with Crippen molar-refractivity contribution in [3.05, 3.63) is 29.8 Å². The van der Waals surface area contributed by atoms with Crippen molar-refractivity contribution in [2.45, 2.75) is 0 Å². The zero-order valence-corrected chi connectivity index (χ0v) is 5.16. The van der Waals surface area contributed by atoms with Crippen LogP contribution in [0.5, 0.6) is 5.75 Å². The summed E-state index contributed by atoms with van der Waals surface area (Å²) in [7, 11) is 0. The lowest BCUT2D eigenvalue weighted by Gasteiger charge is -1.93. The molecule has 0 fully saturated rings. The maximum Gasteiger partial charge on any atom is 0.249 e. The Labute approximate surface area is 58.1 Å². The first-order valence-electron chi connectivity index (χ1n) is 2.70. The minimum atomic E-state index is -0.587. The smallest absolute Gasteiger partial charge is 0.249 e. The van der Waals surface area contributed by atoms with Gasteiger partial charge in [-0.05, 0) is 24.3 Å². The molecule has 0 aliphatic heterocycles. The van der Waals surface area contributed by atoms with Crippen LogP contribution in [0.3, 0.4) is 0 Å². The summed E-state index contributed by atoms with van der Waals surface area (Å²) in [5.74, 6) is -0.566. The number of nitrogens with two attached hydrogens (primary N) is 1. The van der Waals surface area contributed by atoms with Crippen molar-refractivity contribution in [2.24, 2.45) is 5.73 Å². The summed E-state index contributed by atoms with van der Waals surface area (Å²) in [4.78, 5) is 10.4. The number of rotatable bonds is 1. The van der Waals surface area contributed by atoms with Gasteiger partial charge in [0.15, 0.2) is 0 Å². The summed E-state index contributed by atoms with van der Waals surface area (Å²) >= 11 is 0. The van der Waals surface area contributed by atoms with Gasteiger partial charge in [-0.15, -0.1) is 0 Å². The molecule has 0 saturated heterocycles. The van der Waals surface area contributed by atoms with E-state index in [0.717, 1.165) is 0 Å². The van der Waals surface area contributed by atoms with Crippen LogP contribution in [0.4, 0.5) is 0 Å². The summed E-state index contributed by atoms with van der Waals surface area (Å²) in [6, 6.07) is 6.70. The number of aromatic hydroxyl groups is 1. The molecule has 0 bridgehead atoms. The summed E-state index contributed by atoms with van der Waals surface area (Å²) in [5, 5.41) is 8.83. The van der Waals surface area contributed by atoms with Gasteiger partial charge in [-0.1, -0.05) is 0 Å². The SMILES string of the molecule is NC(=O)c1[c]ccc(O)c1. The summed E-state index contributed by atoms with van der Waals surface area (Å²) in [5.41, 5.74) is 5.10. The van der Waals surface area contributed by atoms with Gasteiger partial charge in [-0.25, -0.2) is 0 Å². The van der Waals surface area contributed by atoms with Crippen molar-refractivity contribution in [3.8, 4) is 5.75 Å². The van der Waals surface area contributed by atoms with E-state index in [0.29, 0.717) is 0 Å². The van der Waals surface area contributed by atoms with Gasteiger partial charge in [0.25, 0.3) is 0 Å². The third-order valence-electron chi connectivity index (χ3n) is 1.05. The molecule has 0 heterocycles. The highest BCUT2D eigenvalue weighted by molar-refractivity contribution is 5.92. The van der Waals surface area contributed by atoms with Gasteiger partial charge in [0.05, 0.1) is 5.56 Å². The molecular formula is C7H6NO2. The predicted molar refractivity (Wildman–Crippen MR) is 35.5 cm³/mol. The minimum absolute atomic E-state index is 0.0209. The highest BCUT2D eigenvalue weighted by atomic mass is 16.3.